The third-order valence-electron chi connectivity index (χ3n) is 10.2. The van der Waals surface area contributed by atoms with E-state index in [1.54, 1.807) is 0 Å². The van der Waals surface area contributed by atoms with Crippen LogP contribution in [0.15, 0.2) is 66.9 Å². The molecule has 344 valence electrons. The van der Waals surface area contributed by atoms with Crippen LogP contribution in [0.3, 0.4) is 0 Å². The molecule has 25 heteroatoms. The lowest BCUT2D eigenvalue weighted by Crippen LogP contribution is -2.81. The predicted molar refractivity (Wildman–Crippen MR) is 190 cm³/mol. The van der Waals surface area contributed by atoms with Crippen molar-refractivity contribution in [2.45, 2.75) is 13.1 Å². The van der Waals surface area contributed by atoms with Crippen molar-refractivity contribution in [1.82, 2.24) is 0 Å². The van der Waals surface area contributed by atoms with Crippen LogP contribution >= 0.6 is 0 Å². The Morgan fingerprint density at radius 1 is 0.394 bits per heavy atom. The Labute approximate surface area is 353 Å². The van der Waals surface area contributed by atoms with Crippen molar-refractivity contribution in [2.24, 2.45) is 0 Å². The molecular formula is C41H15BF20N2O2. The van der Waals surface area contributed by atoms with Gasteiger partial charge in [-0.1, -0.05) is 48.5 Å². The molecule has 0 saturated heterocycles. The van der Waals surface area contributed by atoms with Gasteiger partial charge in [0.05, 0.1) is 5.39 Å². The molecule has 1 aromatic heterocycles. The van der Waals surface area contributed by atoms with E-state index in [0.717, 1.165) is 22.0 Å². The Morgan fingerprint density at radius 2 is 0.682 bits per heavy atom. The van der Waals surface area contributed by atoms with Crippen LogP contribution in [0.5, 0.6) is 0 Å². The van der Waals surface area contributed by atoms with Gasteiger partial charge >= 0.3 is 0 Å². The standard InChI is InChI=1S/C24BF20.C17H15N2O2/c26-5-1(6(27)14(35)21(42)13(5)34)25(2-7(28)15(36)22(43)16(37)8(2)29,3-9(30)17(38)23(44)18(39)10(3)31)4-11(32)19(40)24(45)20(41)12(4)33;20-19(21)13-17-16-9-5-4-8-15(16)10-11-18(17)12-14-6-2-1-3-7-14/h;1-11H,12-13H2/q-1;+1. The van der Waals surface area contributed by atoms with Gasteiger partial charge in [0.1, 0.15) is 52.7 Å². The largest absolute Gasteiger partial charge is 0.286 e. The lowest BCUT2D eigenvalue weighted by Gasteiger charge is -2.44. The van der Waals surface area contributed by atoms with Gasteiger partial charge < -0.3 is 0 Å². The van der Waals surface area contributed by atoms with Crippen LogP contribution in [-0.4, -0.2) is 11.1 Å². The van der Waals surface area contributed by atoms with Crippen molar-refractivity contribution in [1.29, 1.82) is 0 Å². The number of aromatic nitrogens is 1. The second kappa shape index (κ2) is 18.0. The van der Waals surface area contributed by atoms with Gasteiger partial charge in [-0.2, -0.15) is 4.57 Å². The van der Waals surface area contributed by atoms with E-state index in [-0.39, 0.29) is 11.5 Å². The second-order valence-corrected chi connectivity index (χ2v) is 13.8. The number of hydrogen-bond donors (Lipinski definition) is 0. The van der Waals surface area contributed by atoms with Crippen LogP contribution in [0.25, 0.3) is 10.8 Å². The van der Waals surface area contributed by atoms with E-state index in [4.69, 9.17) is 0 Å². The monoisotopic (exact) mass is 958 g/mol. The minimum Gasteiger partial charge on any atom is -0.264 e. The Balaban J connectivity index is 0.000000284. The molecule has 0 saturated carbocycles. The van der Waals surface area contributed by atoms with E-state index in [1.165, 1.54) is 0 Å². The number of halogens is 20. The minimum atomic E-state index is -7.22. The molecule has 0 N–H and O–H groups in total. The second-order valence-electron chi connectivity index (χ2n) is 13.8. The lowest BCUT2D eigenvalue weighted by atomic mass is 9.12. The average Bonchev–Trinajstić information content (AvgIpc) is 3.30. The van der Waals surface area contributed by atoms with Crippen molar-refractivity contribution in [3.8, 4) is 0 Å². The fraction of sp³-hybridized carbons (Fsp3) is 0.0488. The fourth-order valence-corrected chi connectivity index (χ4v) is 7.42. The number of rotatable bonds is 8. The van der Waals surface area contributed by atoms with Crippen LogP contribution in [-0.2, 0) is 13.1 Å². The highest BCUT2D eigenvalue weighted by atomic mass is 19.2. The number of fused-ring (bicyclic) bond motifs is 1. The lowest BCUT2D eigenvalue weighted by molar-refractivity contribution is -0.707. The first-order chi connectivity index (χ1) is 30.9. The molecule has 7 aromatic rings. The Bertz CT molecular complexity index is 2760. The summed E-state index contributed by atoms with van der Waals surface area (Å²) in [4.78, 5) is 10.7. The summed E-state index contributed by atoms with van der Waals surface area (Å²) in [6, 6.07) is 19.7. The SMILES string of the molecule is Fc1c(F)c(F)c([B-](c2c(F)c(F)c(F)c(F)c2F)(c2c(F)c(F)c(F)c(F)c2F)c2c(F)c(F)c(F)c(F)c2F)c(F)c1F.O=[N+]([O-])Cc1c2ccccc2cc[n+]1Cc1ccccc1. The van der Waals surface area contributed by atoms with Crippen molar-refractivity contribution < 1.29 is 97.3 Å². The zero-order valence-electron chi connectivity index (χ0n) is 31.6. The van der Waals surface area contributed by atoms with E-state index >= 15 is 35.1 Å². The van der Waals surface area contributed by atoms with E-state index in [9.17, 15) is 62.8 Å². The quantitative estimate of drug-likeness (QED) is 0.0291. The third-order valence-corrected chi connectivity index (χ3v) is 10.2. The molecular weight excluding hydrogens is 943 g/mol. The van der Waals surface area contributed by atoms with Gasteiger partial charge in [0.2, 0.25) is 0 Å². The molecule has 0 aliphatic heterocycles. The molecule has 4 nitrogen and oxygen atoms in total. The van der Waals surface area contributed by atoms with E-state index in [0.29, 0.717) is 6.54 Å². The molecule has 0 fully saturated rings. The van der Waals surface area contributed by atoms with Crippen molar-refractivity contribution >= 4 is 38.8 Å². The maximum atomic E-state index is 15.4. The Morgan fingerprint density at radius 3 is 1.00 bits per heavy atom. The smallest absolute Gasteiger partial charge is 0.264 e. The summed E-state index contributed by atoms with van der Waals surface area (Å²) in [5.41, 5.74) is -12.5. The van der Waals surface area contributed by atoms with E-state index < -0.39 is 144 Å². The Kier molecular flexibility index (Phi) is 13.2. The first-order valence-corrected chi connectivity index (χ1v) is 17.7. The van der Waals surface area contributed by atoms with E-state index in [1.807, 2.05) is 71.4 Å². The van der Waals surface area contributed by atoms with Gasteiger partial charge in [-0.15, -0.1) is 21.9 Å². The maximum Gasteiger partial charge on any atom is 0.286 e. The summed E-state index contributed by atoms with van der Waals surface area (Å²) in [6.07, 6.45) is -5.29. The normalized spacial score (nSPS) is 11.6. The fourth-order valence-electron chi connectivity index (χ4n) is 7.42. The number of benzene rings is 6. The summed E-state index contributed by atoms with van der Waals surface area (Å²) in [5.74, 6) is -71.4. The third kappa shape index (κ3) is 7.57. The van der Waals surface area contributed by atoms with Crippen molar-refractivity contribution in [3.05, 3.63) is 205 Å². The zero-order chi connectivity index (χ0) is 49.0. The number of nitrogens with zero attached hydrogens (tertiary/aromatic N) is 2. The highest BCUT2D eigenvalue weighted by Gasteiger charge is 2.52. The topological polar surface area (TPSA) is 47.0 Å². The first-order valence-electron chi connectivity index (χ1n) is 17.7. The summed E-state index contributed by atoms with van der Waals surface area (Å²) in [6.45, 7) is 0.461. The predicted octanol–water partition coefficient (Wildman–Crippen LogP) is 8.80. The maximum absolute atomic E-state index is 15.4. The molecule has 0 aliphatic carbocycles. The highest BCUT2D eigenvalue weighted by Crippen LogP contribution is 2.31. The highest BCUT2D eigenvalue weighted by molar-refractivity contribution is 7.20. The van der Waals surface area contributed by atoms with Crippen LogP contribution in [0.4, 0.5) is 87.8 Å². The number of nitro groups is 1. The molecule has 1 heterocycles. The molecule has 0 atom stereocenters. The van der Waals surface area contributed by atoms with Crippen LogP contribution in [0.1, 0.15) is 11.3 Å². The van der Waals surface area contributed by atoms with Gasteiger partial charge in [0.15, 0.2) is 82.5 Å². The molecule has 0 amide bonds. The van der Waals surface area contributed by atoms with Gasteiger partial charge in [-0.25, -0.2) is 87.8 Å². The number of hydrogen-bond acceptors (Lipinski definition) is 2. The number of pyridine rings is 1. The summed E-state index contributed by atoms with van der Waals surface area (Å²) in [7, 11) is 0. The zero-order valence-corrected chi connectivity index (χ0v) is 31.6. The van der Waals surface area contributed by atoms with Crippen LogP contribution < -0.4 is 26.4 Å². The van der Waals surface area contributed by atoms with Gasteiger partial charge in [-0.05, 0) is 11.5 Å². The molecule has 6 aromatic carbocycles. The van der Waals surface area contributed by atoms with Crippen molar-refractivity contribution in [3.63, 3.8) is 0 Å². The molecule has 0 aliphatic rings. The molecule has 0 bridgehead atoms. The van der Waals surface area contributed by atoms with E-state index in [2.05, 4.69) is 0 Å². The average molecular weight is 958 g/mol. The van der Waals surface area contributed by atoms with Crippen LogP contribution in [0.2, 0.25) is 0 Å². The Hall–Kier alpha value is -7.21. The van der Waals surface area contributed by atoms with Gasteiger partial charge in [0.25, 0.3) is 12.2 Å². The summed E-state index contributed by atoms with van der Waals surface area (Å²) >= 11 is 0. The van der Waals surface area contributed by atoms with Gasteiger partial charge in [-0.3, -0.25) is 10.1 Å². The summed E-state index contributed by atoms with van der Waals surface area (Å²) in [5, 5.41) is 13.0. The molecule has 0 unspecified atom stereocenters. The van der Waals surface area contributed by atoms with Gasteiger partial charge in [0, 0.05) is 16.6 Å². The van der Waals surface area contributed by atoms with Crippen LogP contribution in [0, 0.1) is 126 Å². The van der Waals surface area contributed by atoms with Crippen molar-refractivity contribution in [2.75, 3.05) is 0 Å². The molecule has 0 radical (unpaired) electrons. The summed E-state index contributed by atoms with van der Waals surface area (Å²) < 4.78 is 296. The molecule has 0 spiro atoms. The molecule has 66 heavy (non-hydrogen) atoms. The molecule has 7 rings (SSSR count). The first kappa shape index (κ1) is 48.3. The minimum absolute atomic E-state index is 0.172.